The molecular formula is C11H13ClF3NO. The standard InChI is InChI=1S/C11H12F3NO.ClH/c12-6-3-7(9(14)8(13)4-6)10(15)11(16)5-1-2-5;/h3-5,10-11,16H,1-2,15H2;1H/t10-,11+;/m0./s1. The van der Waals surface area contributed by atoms with Gasteiger partial charge in [0.25, 0.3) is 0 Å². The molecule has 6 heteroatoms. The molecule has 2 nitrogen and oxygen atoms in total. The first-order valence-corrected chi connectivity index (χ1v) is 5.09. The molecule has 1 fully saturated rings. The van der Waals surface area contributed by atoms with Crippen LogP contribution in [0.1, 0.15) is 24.4 Å². The number of aliphatic hydroxyl groups excluding tert-OH is 1. The first-order valence-electron chi connectivity index (χ1n) is 5.09. The molecule has 2 rings (SSSR count). The van der Waals surface area contributed by atoms with Crippen molar-refractivity contribution in [1.29, 1.82) is 0 Å². The zero-order valence-electron chi connectivity index (χ0n) is 8.87. The SMILES string of the molecule is Cl.N[C@@H](c1cc(F)cc(F)c1F)[C@H](O)C1CC1. The lowest BCUT2D eigenvalue weighted by Gasteiger charge is -2.19. The van der Waals surface area contributed by atoms with Gasteiger partial charge >= 0.3 is 0 Å². The highest BCUT2D eigenvalue weighted by Gasteiger charge is 2.35. The molecule has 0 radical (unpaired) electrons. The van der Waals surface area contributed by atoms with Crippen LogP contribution in [0.5, 0.6) is 0 Å². The molecule has 0 aliphatic heterocycles. The van der Waals surface area contributed by atoms with Crippen molar-refractivity contribution in [1.82, 2.24) is 0 Å². The Bertz CT molecular complexity index is 412. The Morgan fingerprint density at radius 1 is 1.24 bits per heavy atom. The van der Waals surface area contributed by atoms with Gasteiger partial charge in [0.05, 0.1) is 12.1 Å². The number of halogens is 4. The summed E-state index contributed by atoms with van der Waals surface area (Å²) in [6.07, 6.45) is 0.679. The molecule has 0 saturated heterocycles. The summed E-state index contributed by atoms with van der Waals surface area (Å²) in [5, 5.41) is 9.68. The summed E-state index contributed by atoms with van der Waals surface area (Å²) in [6, 6.07) is 0.196. The number of hydrogen-bond donors (Lipinski definition) is 2. The molecule has 0 amide bonds. The van der Waals surface area contributed by atoms with Crippen molar-refractivity contribution in [3.8, 4) is 0 Å². The van der Waals surface area contributed by atoms with E-state index in [0.29, 0.717) is 6.07 Å². The summed E-state index contributed by atoms with van der Waals surface area (Å²) in [7, 11) is 0. The van der Waals surface area contributed by atoms with Gasteiger partial charge in [-0.2, -0.15) is 0 Å². The van der Waals surface area contributed by atoms with Crippen molar-refractivity contribution in [2.75, 3.05) is 0 Å². The highest BCUT2D eigenvalue weighted by Crippen LogP contribution is 2.37. The fraction of sp³-hybridized carbons (Fsp3) is 0.455. The van der Waals surface area contributed by atoms with Gasteiger partial charge < -0.3 is 10.8 Å². The van der Waals surface area contributed by atoms with Crippen LogP contribution in [-0.4, -0.2) is 11.2 Å². The third kappa shape index (κ3) is 2.91. The van der Waals surface area contributed by atoms with Crippen LogP contribution >= 0.6 is 12.4 Å². The van der Waals surface area contributed by atoms with E-state index in [1.807, 2.05) is 0 Å². The Kier molecular flexibility index (Phi) is 4.41. The number of benzene rings is 1. The number of aliphatic hydroxyl groups is 1. The van der Waals surface area contributed by atoms with Crippen molar-refractivity contribution in [3.63, 3.8) is 0 Å². The molecule has 1 aliphatic rings. The van der Waals surface area contributed by atoms with Crippen molar-refractivity contribution >= 4 is 12.4 Å². The lowest BCUT2D eigenvalue weighted by Crippen LogP contribution is -2.29. The molecule has 0 heterocycles. The number of hydrogen-bond acceptors (Lipinski definition) is 2. The molecule has 2 atom stereocenters. The quantitative estimate of drug-likeness (QED) is 0.826. The Balaban J connectivity index is 0.00000144. The second-order valence-electron chi connectivity index (χ2n) is 4.14. The van der Waals surface area contributed by atoms with Gasteiger partial charge in [-0.25, -0.2) is 13.2 Å². The van der Waals surface area contributed by atoms with Crippen LogP contribution in [0.3, 0.4) is 0 Å². The van der Waals surface area contributed by atoms with E-state index >= 15 is 0 Å². The van der Waals surface area contributed by atoms with Crippen LogP contribution in [0.4, 0.5) is 13.2 Å². The third-order valence-electron chi connectivity index (χ3n) is 2.85. The minimum Gasteiger partial charge on any atom is -0.391 e. The Morgan fingerprint density at radius 2 is 1.82 bits per heavy atom. The van der Waals surface area contributed by atoms with E-state index in [1.165, 1.54) is 0 Å². The summed E-state index contributed by atoms with van der Waals surface area (Å²) in [4.78, 5) is 0. The van der Waals surface area contributed by atoms with E-state index in [9.17, 15) is 18.3 Å². The maximum absolute atomic E-state index is 13.3. The Morgan fingerprint density at radius 3 is 2.35 bits per heavy atom. The lowest BCUT2D eigenvalue weighted by molar-refractivity contribution is 0.120. The van der Waals surface area contributed by atoms with E-state index in [0.717, 1.165) is 18.9 Å². The minimum atomic E-state index is -1.28. The van der Waals surface area contributed by atoms with Crippen molar-refractivity contribution in [2.24, 2.45) is 11.7 Å². The fourth-order valence-electron chi connectivity index (χ4n) is 1.73. The van der Waals surface area contributed by atoms with Gasteiger partial charge in [0, 0.05) is 11.6 Å². The summed E-state index contributed by atoms with van der Waals surface area (Å²) in [5.41, 5.74) is 5.29. The van der Waals surface area contributed by atoms with Gasteiger partial charge in [-0.05, 0) is 24.8 Å². The molecular weight excluding hydrogens is 255 g/mol. The normalized spacial score (nSPS) is 18.4. The molecule has 0 bridgehead atoms. The van der Waals surface area contributed by atoms with Crippen LogP contribution in [0.2, 0.25) is 0 Å². The molecule has 1 saturated carbocycles. The first kappa shape index (κ1) is 14.3. The van der Waals surface area contributed by atoms with Gasteiger partial charge in [-0.1, -0.05) is 0 Å². The molecule has 96 valence electrons. The van der Waals surface area contributed by atoms with E-state index in [-0.39, 0.29) is 23.9 Å². The van der Waals surface area contributed by atoms with Crippen LogP contribution < -0.4 is 5.73 Å². The lowest BCUT2D eigenvalue weighted by atomic mass is 9.98. The van der Waals surface area contributed by atoms with E-state index < -0.39 is 29.6 Å². The van der Waals surface area contributed by atoms with Crippen molar-refractivity contribution in [3.05, 3.63) is 35.1 Å². The van der Waals surface area contributed by atoms with E-state index in [4.69, 9.17) is 5.73 Å². The molecule has 0 aromatic heterocycles. The molecule has 1 aromatic rings. The third-order valence-corrected chi connectivity index (χ3v) is 2.85. The fourth-order valence-corrected chi connectivity index (χ4v) is 1.73. The van der Waals surface area contributed by atoms with Crippen molar-refractivity contribution in [2.45, 2.75) is 25.0 Å². The van der Waals surface area contributed by atoms with Crippen LogP contribution in [0.25, 0.3) is 0 Å². The highest BCUT2D eigenvalue weighted by molar-refractivity contribution is 5.85. The largest absolute Gasteiger partial charge is 0.391 e. The number of nitrogens with two attached hydrogens (primary N) is 1. The maximum atomic E-state index is 13.3. The smallest absolute Gasteiger partial charge is 0.163 e. The zero-order valence-corrected chi connectivity index (χ0v) is 9.68. The van der Waals surface area contributed by atoms with Crippen molar-refractivity contribution < 1.29 is 18.3 Å². The van der Waals surface area contributed by atoms with Crippen LogP contribution in [-0.2, 0) is 0 Å². The molecule has 1 aliphatic carbocycles. The predicted octanol–water partition coefficient (Wildman–Crippen LogP) is 2.30. The highest BCUT2D eigenvalue weighted by atomic mass is 35.5. The second kappa shape index (κ2) is 5.25. The van der Waals surface area contributed by atoms with Gasteiger partial charge in [0.15, 0.2) is 11.6 Å². The summed E-state index contributed by atoms with van der Waals surface area (Å²) < 4.78 is 39.2. The summed E-state index contributed by atoms with van der Waals surface area (Å²) in [6.45, 7) is 0. The predicted molar refractivity (Wildman–Crippen MR) is 59.2 cm³/mol. The topological polar surface area (TPSA) is 46.2 Å². The average Bonchev–Trinajstić information content (AvgIpc) is 3.05. The number of rotatable bonds is 3. The second-order valence-corrected chi connectivity index (χ2v) is 4.14. The van der Waals surface area contributed by atoms with Gasteiger partial charge in [-0.3, -0.25) is 0 Å². The minimum absolute atomic E-state index is 0. The van der Waals surface area contributed by atoms with Gasteiger partial charge in [-0.15, -0.1) is 12.4 Å². The first-order chi connectivity index (χ1) is 7.50. The van der Waals surface area contributed by atoms with Crippen LogP contribution in [0.15, 0.2) is 12.1 Å². The molecule has 1 aromatic carbocycles. The van der Waals surface area contributed by atoms with Crippen LogP contribution in [0, 0.1) is 23.4 Å². The van der Waals surface area contributed by atoms with Gasteiger partial charge in [0.1, 0.15) is 5.82 Å². The van der Waals surface area contributed by atoms with Gasteiger partial charge in [0.2, 0.25) is 0 Å². The Labute approximate surface area is 103 Å². The summed E-state index contributed by atoms with van der Waals surface area (Å²) >= 11 is 0. The maximum Gasteiger partial charge on any atom is 0.163 e. The molecule has 0 spiro atoms. The molecule has 3 N–H and O–H groups in total. The van der Waals surface area contributed by atoms with E-state index in [2.05, 4.69) is 0 Å². The van der Waals surface area contributed by atoms with E-state index in [1.54, 1.807) is 0 Å². The Hall–Kier alpha value is -0.780. The molecule has 17 heavy (non-hydrogen) atoms. The molecule has 0 unspecified atom stereocenters. The summed E-state index contributed by atoms with van der Waals surface area (Å²) in [5.74, 6) is -3.35. The zero-order chi connectivity index (χ0) is 11.9. The average molecular weight is 268 g/mol. The monoisotopic (exact) mass is 267 g/mol.